The third-order valence-corrected chi connectivity index (χ3v) is 3.15. The summed E-state index contributed by atoms with van der Waals surface area (Å²) < 4.78 is 9.99. The van der Waals surface area contributed by atoms with Crippen molar-refractivity contribution in [2.75, 3.05) is 19.5 Å². The van der Waals surface area contributed by atoms with Crippen LogP contribution in [-0.4, -0.2) is 37.4 Å². The van der Waals surface area contributed by atoms with Gasteiger partial charge < -0.3 is 19.9 Å². The number of rotatable bonds is 5. The van der Waals surface area contributed by atoms with Crippen molar-refractivity contribution in [2.45, 2.75) is 0 Å². The SMILES string of the molecule is COc1cccc(NC(=O)C(=O)N/N=C\c2cccc(OC)c2O)c1. The topological polar surface area (TPSA) is 109 Å². The molecule has 0 spiro atoms. The first kappa shape index (κ1) is 17.8. The Labute approximate surface area is 144 Å². The van der Waals surface area contributed by atoms with Crippen molar-refractivity contribution in [1.82, 2.24) is 5.43 Å². The van der Waals surface area contributed by atoms with Gasteiger partial charge in [0.05, 0.1) is 20.4 Å². The molecule has 0 saturated heterocycles. The summed E-state index contributed by atoms with van der Waals surface area (Å²) in [5, 5.41) is 16.0. The van der Waals surface area contributed by atoms with E-state index in [2.05, 4.69) is 15.8 Å². The van der Waals surface area contributed by atoms with Crippen LogP contribution in [0.3, 0.4) is 0 Å². The average molecular weight is 343 g/mol. The molecule has 2 amide bonds. The second-order valence-corrected chi connectivity index (χ2v) is 4.78. The van der Waals surface area contributed by atoms with Gasteiger partial charge in [-0.15, -0.1) is 0 Å². The van der Waals surface area contributed by atoms with Crippen LogP contribution in [0.4, 0.5) is 5.69 Å². The third-order valence-electron chi connectivity index (χ3n) is 3.15. The molecule has 0 unspecified atom stereocenters. The molecule has 0 fully saturated rings. The number of phenolic OH excluding ortho intramolecular Hbond substituents is 1. The van der Waals surface area contributed by atoms with E-state index in [1.807, 2.05) is 0 Å². The molecule has 2 rings (SSSR count). The largest absolute Gasteiger partial charge is 0.504 e. The summed E-state index contributed by atoms with van der Waals surface area (Å²) in [7, 11) is 2.91. The number of carbonyl (C=O) groups excluding carboxylic acids is 2. The van der Waals surface area contributed by atoms with E-state index in [0.717, 1.165) is 0 Å². The van der Waals surface area contributed by atoms with Crippen molar-refractivity contribution in [3.05, 3.63) is 48.0 Å². The number of hydrazone groups is 1. The van der Waals surface area contributed by atoms with Gasteiger partial charge in [0.15, 0.2) is 11.5 Å². The molecule has 0 radical (unpaired) electrons. The van der Waals surface area contributed by atoms with Crippen LogP contribution in [-0.2, 0) is 9.59 Å². The van der Waals surface area contributed by atoms with Gasteiger partial charge in [-0.05, 0) is 24.3 Å². The Morgan fingerprint density at radius 1 is 1.08 bits per heavy atom. The number of hydrogen-bond acceptors (Lipinski definition) is 6. The van der Waals surface area contributed by atoms with Crippen molar-refractivity contribution >= 4 is 23.7 Å². The predicted octanol–water partition coefficient (Wildman–Crippen LogP) is 1.50. The van der Waals surface area contributed by atoms with Crippen molar-refractivity contribution in [1.29, 1.82) is 0 Å². The van der Waals surface area contributed by atoms with Crippen LogP contribution < -0.4 is 20.2 Å². The molecule has 0 aliphatic carbocycles. The number of nitrogens with zero attached hydrogens (tertiary/aromatic N) is 1. The monoisotopic (exact) mass is 343 g/mol. The van der Waals surface area contributed by atoms with Crippen molar-refractivity contribution in [3.8, 4) is 17.2 Å². The molecular formula is C17H17N3O5. The van der Waals surface area contributed by atoms with Gasteiger partial charge in [-0.3, -0.25) is 9.59 Å². The number of methoxy groups -OCH3 is 2. The normalized spacial score (nSPS) is 10.3. The lowest BCUT2D eigenvalue weighted by atomic mass is 10.2. The van der Waals surface area contributed by atoms with E-state index in [4.69, 9.17) is 9.47 Å². The number of para-hydroxylation sites is 1. The second kappa shape index (κ2) is 8.34. The molecule has 0 bridgehead atoms. The van der Waals surface area contributed by atoms with Gasteiger partial charge in [-0.2, -0.15) is 5.10 Å². The molecule has 8 heteroatoms. The zero-order valence-corrected chi connectivity index (χ0v) is 13.6. The summed E-state index contributed by atoms with van der Waals surface area (Å²) in [6, 6.07) is 11.4. The lowest BCUT2D eigenvalue weighted by Crippen LogP contribution is -2.32. The molecule has 0 aliphatic heterocycles. The number of ether oxygens (including phenoxy) is 2. The van der Waals surface area contributed by atoms with E-state index in [1.165, 1.54) is 20.4 Å². The van der Waals surface area contributed by atoms with Gasteiger partial charge in [0.1, 0.15) is 5.75 Å². The maximum Gasteiger partial charge on any atom is 0.329 e. The molecule has 0 saturated carbocycles. The minimum atomic E-state index is -0.957. The van der Waals surface area contributed by atoms with Crippen molar-refractivity contribution in [2.24, 2.45) is 5.10 Å². The molecule has 130 valence electrons. The molecular weight excluding hydrogens is 326 g/mol. The number of hydrogen-bond donors (Lipinski definition) is 3. The summed E-state index contributed by atoms with van der Waals surface area (Å²) in [6.45, 7) is 0. The minimum Gasteiger partial charge on any atom is -0.504 e. The molecule has 8 nitrogen and oxygen atoms in total. The summed E-state index contributed by atoms with van der Waals surface area (Å²) in [6.07, 6.45) is 1.20. The van der Waals surface area contributed by atoms with Crippen molar-refractivity contribution in [3.63, 3.8) is 0 Å². The number of nitrogens with one attached hydrogen (secondary N) is 2. The molecule has 25 heavy (non-hydrogen) atoms. The number of anilines is 1. The van der Waals surface area contributed by atoms with Crippen LogP contribution in [0, 0.1) is 0 Å². The van der Waals surface area contributed by atoms with Gasteiger partial charge >= 0.3 is 11.8 Å². The Balaban J connectivity index is 1.96. The van der Waals surface area contributed by atoms with Gasteiger partial charge in [0.2, 0.25) is 0 Å². The molecule has 0 atom stereocenters. The molecule has 0 aliphatic rings. The van der Waals surface area contributed by atoms with E-state index < -0.39 is 11.8 Å². The first-order valence-electron chi connectivity index (χ1n) is 7.19. The summed E-state index contributed by atoms with van der Waals surface area (Å²) in [5.41, 5.74) is 2.82. The number of aromatic hydroxyl groups is 1. The zero-order chi connectivity index (χ0) is 18.2. The zero-order valence-electron chi connectivity index (χ0n) is 13.6. The predicted molar refractivity (Wildman–Crippen MR) is 92.0 cm³/mol. The number of amides is 2. The average Bonchev–Trinajstić information content (AvgIpc) is 2.63. The highest BCUT2D eigenvalue weighted by atomic mass is 16.5. The van der Waals surface area contributed by atoms with Crippen LogP contribution >= 0.6 is 0 Å². The Morgan fingerprint density at radius 2 is 1.84 bits per heavy atom. The highest BCUT2D eigenvalue weighted by Gasteiger charge is 2.13. The van der Waals surface area contributed by atoms with E-state index in [1.54, 1.807) is 42.5 Å². The fourth-order valence-corrected chi connectivity index (χ4v) is 1.91. The molecule has 0 aromatic heterocycles. The molecule has 2 aromatic rings. The standard InChI is InChI=1S/C17H17N3O5/c1-24-13-7-4-6-12(9-13)19-16(22)17(23)20-18-10-11-5-3-8-14(25-2)15(11)21/h3-10,21H,1-2H3,(H,19,22)(H,20,23)/b18-10-. The third kappa shape index (κ3) is 4.71. The second-order valence-electron chi connectivity index (χ2n) is 4.78. The van der Waals surface area contributed by atoms with Crippen LogP contribution in [0.2, 0.25) is 0 Å². The number of phenols is 1. The fourth-order valence-electron chi connectivity index (χ4n) is 1.91. The lowest BCUT2D eigenvalue weighted by Gasteiger charge is -2.06. The molecule has 0 heterocycles. The quantitative estimate of drug-likeness (QED) is 0.433. The minimum absolute atomic E-state index is 0.121. The smallest absolute Gasteiger partial charge is 0.329 e. The molecule has 2 aromatic carbocycles. The Hall–Kier alpha value is -3.55. The molecule has 3 N–H and O–H groups in total. The van der Waals surface area contributed by atoms with Gasteiger partial charge in [-0.25, -0.2) is 5.43 Å². The van der Waals surface area contributed by atoms with E-state index >= 15 is 0 Å². The summed E-state index contributed by atoms with van der Waals surface area (Å²) in [4.78, 5) is 23.6. The van der Waals surface area contributed by atoms with Gasteiger partial charge in [0.25, 0.3) is 0 Å². The van der Waals surface area contributed by atoms with Crippen molar-refractivity contribution < 1.29 is 24.2 Å². The first-order chi connectivity index (χ1) is 12.0. The maximum absolute atomic E-state index is 11.8. The number of benzene rings is 2. The lowest BCUT2D eigenvalue weighted by molar-refractivity contribution is -0.136. The van der Waals surface area contributed by atoms with Gasteiger partial charge in [-0.1, -0.05) is 12.1 Å². The fraction of sp³-hybridized carbons (Fsp3) is 0.118. The van der Waals surface area contributed by atoms with Crippen LogP contribution in [0.15, 0.2) is 47.6 Å². The summed E-state index contributed by atoms with van der Waals surface area (Å²) in [5.74, 6) is -1.15. The van der Waals surface area contributed by atoms with Crippen LogP contribution in [0.1, 0.15) is 5.56 Å². The Bertz CT molecular complexity index is 805. The Kier molecular flexibility index (Phi) is 5.94. The number of carbonyl (C=O) groups is 2. The first-order valence-corrected chi connectivity index (χ1v) is 7.19. The Morgan fingerprint density at radius 3 is 2.56 bits per heavy atom. The van der Waals surface area contributed by atoms with Gasteiger partial charge in [0, 0.05) is 17.3 Å². The van der Waals surface area contributed by atoms with Crippen LogP contribution in [0.25, 0.3) is 0 Å². The maximum atomic E-state index is 11.8. The highest BCUT2D eigenvalue weighted by Crippen LogP contribution is 2.27. The van der Waals surface area contributed by atoms with Crippen LogP contribution in [0.5, 0.6) is 17.2 Å². The summed E-state index contributed by atoms with van der Waals surface area (Å²) >= 11 is 0. The highest BCUT2D eigenvalue weighted by molar-refractivity contribution is 6.39. The van der Waals surface area contributed by atoms with E-state index in [9.17, 15) is 14.7 Å². The van der Waals surface area contributed by atoms with E-state index in [-0.39, 0.29) is 11.5 Å². The van der Waals surface area contributed by atoms with E-state index in [0.29, 0.717) is 17.0 Å².